The average molecular weight is 406 g/mol. The standard InChI is InChI=1S/C23H35NO3S/c1-5-7-13-22(3,4)20(26)12-11-17-18-14-16(9-8-10-21(27)28)24-23(18,6-2)15-19(17)25/h2,11-12,17-20,25-26H,5,7-10,13-15H2,1,3-4H3,(H,27,28). The normalized spacial score (nSPS) is 30.9. The van der Waals surface area contributed by atoms with Gasteiger partial charge in [0.1, 0.15) is 5.54 Å². The van der Waals surface area contributed by atoms with Crippen LogP contribution in [0.5, 0.6) is 0 Å². The third-order valence-electron chi connectivity index (χ3n) is 6.45. The molecule has 156 valence electrons. The summed E-state index contributed by atoms with van der Waals surface area (Å²) in [5, 5.41) is 30.5. The van der Waals surface area contributed by atoms with E-state index < -0.39 is 17.7 Å². The Balaban J connectivity index is 2.07. The molecule has 3 N–H and O–H groups in total. The molecule has 0 bridgehead atoms. The Morgan fingerprint density at radius 2 is 2.18 bits per heavy atom. The summed E-state index contributed by atoms with van der Waals surface area (Å²) >= 11 is 4.73. The first-order chi connectivity index (χ1) is 13.1. The summed E-state index contributed by atoms with van der Waals surface area (Å²) in [4.78, 5) is 4.81. The van der Waals surface area contributed by atoms with Crippen molar-refractivity contribution in [1.82, 2.24) is 0 Å². The lowest BCUT2D eigenvalue weighted by Gasteiger charge is -2.29. The molecule has 2 aliphatic rings. The Bertz CT molecular complexity index is 663. The summed E-state index contributed by atoms with van der Waals surface area (Å²) in [5.74, 6) is 2.81. The van der Waals surface area contributed by atoms with Crippen LogP contribution in [0.3, 0.4) is 0 Å². The van der Waals surface area contributed by atoms with Crippen LogP contribution in [0.2, 0.25) is 0 Å². The van der Waals surface area contributed by atoms with E-state index in [1.807, 2.05) is 12.2 Å². The molecule has 28 heavy (non-hydrogen) atoms. The molecule has 5 heteroatoms. The van der Waals surface area contributed by atoms with Gasteiger partial charge in [0.15, 0.2) is 5.05 Å². The molecule has 5 unspecified atom stereocenters. The molecule has 0 aromatic heterocycles. The van der Waals surface area contributed by atoms with Crippen LogP contribution in [0.25, 0.3) is 0 Å². The molecule has 2 rings (SSSR count). The first-order valence-corrected chi connectivity index (χ1v) is 10.9. The molecule has 1 fully saturated rings. The number of fused-ring (bicyclic) bond motifs is 1. The van der Waals surface area contributed by atoms with E-state index in [1.54, 1.807) is 0 Å². The number of hydrogen-bond acceptors (Lipinski definition) is 4. The van der Waals surface area contributed by atoms with E-state index in [9.17, 15) is 15.3 Å². The number of rotatable bonds is 10. The number of hydrogen-bond donors (Lipinski definition) is 3. The van der Waals surface area contributed by atoms with Crippen LogP contribution in [0.1, 0.15) is 72.1 Å². The lowest BCUT2D eigenvalue weighted by atomic mass is 9.79. The highest BCUT2D eigenvalue weighted by atomic mass is 32.1. The van der Waals surface area contributed by atoms with Crippen molar-refractivity contribution in [3.05, 3.63) is 12.2 Å². The van der Waals surface area contributed by atoms with Gasteiger partial charge in [-0.05, 0) is 43.3 Å². The van der Waals surface area contributed by atoms with Crippen LogP contribution in [-0.2, 0) is 0 Å². The van der Waals surface area contributed by atoms with E-state index in [0.717, 1.165) is 44.2 Å². The Morgan fingerprint density at radius 1 is 1.46 bits per heavy atom. The minimum Gasteiger partial charge on any atom is -0.502 e. The van der Waals surface area contributed by atoms with E-state index in [0.29, 0.717) is 12.8 Å². The van der Waals surface area contributed by atoms with E-state index in [-0.39, 0.29) is 22.3 Å². The van der Waals surface area contributed by atoms with Crippen molar-refractivity contribution < 1.29 is 15.3 Å². The van der Waals surface area contributed by atoms with Crippen LogP contribution < -0.4 is 0 Å². The predicted molar refractivity (Wildman–Crippen MR) is 119 cm³/mol. The lowest BCUT2D eigenvalue weighted by molar-refractivity contribution is 0.0798. The van der Waals surface area contributed by atoms with Gasteiger partial charge in [-0.25, -0.2) is 0 Å². The number of unbranched alkanes of at least 4 members (excludes halogenated alkanes) is 1. The van der Waals surface area contributed by atoms with Gasteiger partial charge in [-0.1, -0.05) is 51.7 Å². The molecule has 0 saturated heterocycles. The SMILES string of the molecule is C#CC12CC(O)C(C=CC(O)C(C)(C)CCCC)C1CC(CCCC(O)=S)=N2. The minimum atomic E-state index is -0.647. The Kier molecular flexibility index (Phi) is 7.84. The molecule has 0 radical (unpaired) electrons. The quantitative estimate of drug-likeness (QED) is 0.286. The van der Waals surface area contributed by atoms with Crippen molar-refractivity contribution in [2.45, 2.75) is 89.9 Å². The number of nitrogens with zero attached hydrogens (tertiary/aromatic N) is 1. The summed E-state index contributed by atoms with van der Waals surface area (Å²) in [7, 11) is 0. The fraction of sp³-hybridized carbons (Fsp3) is 0.739. The highest BCUT2D eigenvalue weighted by Gasteiger charge is 2.54. The highest BCUT2D eigenvalue weighted by molar-refractivity contribution is 7.80. The van der Waals surface area contributed by atoms with Crippen LogP contribution in [-0.4, -0.2) is 43.8 Å². The van der Waals surface area contributed by atoms with Crippen molar-refractivity contribution in [1.29, 1.82) is 0 Å². The lowest BCUT2D eigenvalue weighted by Crippen LogP contribution is -2.29. The zero-order valence-electron chi connectivity index (χ0n) is 17.4. The molecule has 1 heterocycles. The summed E-state index contributed by atoms with van der Waals surface area (Å²) in [6, 6.07) is 0. The Morgan fingerprint density at radius 3 is 2.79 bits per heavy atom. The molecule has 1 saturated carbocycles. The van der Waals surface area contributed by atoms with Gasteiger partial charge in [0.05, 0.1) is 12.2 Å². The van der Waals surface area contributed by atoms with Gasteiger partial charge in [-0.15, -0.1) is 6.42 Å². The molecule has 0 aromatic carbocycles. The van der Waals surface area contributed by atoms with Gasteiger partial charge in [0.2, 0.25) is 0 Å². The van der Waals surface area contributed by atoms with Gasteiger partial charge in [-0.2, -0.15) is 0 Å². The number of aliphatic hydroxyl groups excluding tert-OH is 3. The van der Waals surface area contributed by atoms with Crippen LogP contribution >= 0.6 is 12.2 Å². The highest BCUT2D eigenvalue weighted by Crippen LogP contribution is 2.50. The molecular formula is C23H35NO3S. The molecule has 1 aliphatic carbocycles. The summed E-state index contributed by atoms with van der Waals surface area (Å²) in [5.41, 5.74) is 0.208. The molecule has 0 spiro atoms. The number of aliphatic imine (C=N–C) groups is 1. The zero-order chi connectivity index (χ0) is 20.9. The van der Waals surface area contributed by atoms with Gasteiger partial charge in [0.25, 0.3) is 0 Å². The maximum absolute atomic E-state index is 10.7. The fourth-order valence-corrected chi connectivity index (χ4v) is 4.69. The fourth-order valence-electron chi connectivity index (χ4n) is 4.54. The first kappa shape index (κ1) is 23.1. The molecule has 1 aliphatic heterocycles. The smallest absolute Gasteiger partial charge is 0.156 e. The number of aliphatic hydroxyl groups is 3. The molecule has 0 aromatic rings. The summed E-state index contributed by atoms with van der Waals surface area (Å²) < 4.78 is 0. The number of terminal acetylenes is 1. The van der Waals surface area contributed by atoms with Gasteiger partial charge in [0, 0.05) is 30.4 Å². The van der Waals surface area contributed by atoms with Crippen LogP contribution in [0.4, 0.5) is 0 Å². The third-order valence-corrected chi connectivity index (χ3v) is 6.66. The summed E-state index contributed by atoms with van der Waals surface area (Å²) in [6.07, 6.45) is 14.9. The minimum absolute atomic E-state index is 0.0290. The maximum atomic E-state index is 10.7. The second kappa shape index (κ2) is 9.52. The van der Waals surface area contributed by atoms with Gasteiger partial charge >= 0.3 is 0 Å². The van der Waals surface area contributed by atoms with Crippen molar-refractivity contribution in [2.75, 3.05) is 0 Å². The maximum Gasteiger partial charge on any atom is 0.156 e. The van der Waals surface area contributed by atoms with Gasteiger partial charge in [-0.3, -0.25) is 4.99 Å². The third kappa shape index (κ3) is 5.23. The Labute approximate surface area is 175 Å². The largest absolute Gasteiger partial charge is 0.502 e. The van der Waals surface area contributed by atoms with Crippen molar-refractivity contribution in [3.8, 4) is 12.3 Å². The van der Waals surface area contributed by atoms with E-state index in [2.05, 4.69) is 26.7 Å². The zero-order valence-corrected chi connectivity index (χ0v) is 18.2. The van der Waals surface area contributed by atoms with E-state index in [4.69, 9.17) is 23.6 Å². The number of thiocarbonyl (C=S) groups is 1. The van der Waals surface area contributed by atoms with Crippen LogP contribution in [0, 0.1) is 29.6 Å². The van der Waals surface area contributed by atoms with Crippen molar-refractivity contribution in [2.24, 2.45) is 22.2 Å². The second-order valence-corrected chi connectivity index (χ2v) is 9.55. The Hall–Kier alpha value is -1.22. The molecule has 0 amide bonds. The molecule has 4 nitrogen and oxygen atoms in total. The monoisotopic (exact) mass is 405 g/mol. The predicted octanol–water partition coefficient (Wildman–Crippen LogP) is 4.39. The topological polar surface area (TPSA) is 73.0 Å². The van der Waals surface area contributed by atoms with Crippen molar-refractivity contribution in [3.63, 3.8) is 0 Å². The average Bonchev–Trinajstić information content (AvgIpc) is 3.09. The van der Waals surface area contributed by atoms with E-state index >= 15 is 0 Å². The summed E-state index contributed by atoms with van der Waals surface area (Å²) in [6.45, 7) is 6.31. The first-order valence-electron chi connectivity index (χ1n) is 10.5. The van der Waals surface area contributed by atoms with E-state index in [1.165, 1.54) is 0 Å². The molecule has 5 atom stereocenters. The van der Waals surface area contributed by atoms with Crippen LogP contribution in [0.15, 0.2) is 17.1 Å². The van der Waals surface area contributed by atoms with Crippen molar-refractivity contribution >= 4 is 23.0 Å². The second-order valence-electron chi connectivity index (χ2n) is 9.08. The molecular weight excluding hydrogens is 370 g/mol. The van der Waals surface area contributed by atoms with Gasteiger partial charge < -0.3 is 15.3 Å².